The number of ether oxygens (including phenoxy) is 1. The zero-order valence-electron chi connectivity index (χ0n) is 13.0. The minimum absolute atomic E-state index is 0.374. The van der Waals surface area contributed by atoms with Crippen LogP contribution in [0, 0.1) is 13.8 Å². The predicted molar refractivity (Wildman–Crippen MR) is 93.4 cm³/mol. The Morgan fingerprint density at radius 1 is 1.27 bits per heavy atom. The fourth-order valence-electron chi connectivity index (χ4n) is 2.36. The van der Waals surface area contributed by atoms with E-state index in [1.807, 2.05) is 0 Å². The van der Waals surface area contributed by atoms with Crippen LogP contribution < -0.4 is 5.32 Å². The molecule has 1 unspecified atom stereocenters. The summed E-state index contributed by atoms with van der Waals surface area (Å²) in [5.41, 5.74) is 3.64. The fraction of sp³-hybridized carbons (Fsp3) is 0.500. The smallest absolute Gasteiger partial charge is 0.210 e. The summed E-state index contributed by atoms with van der Waals surface area (Å²) < 4.78 is 6.75. The van der Waals surface area contributed by atoms with Gasteiger partial charge in [-0.05, 0) is 56.4 Å². The van der Waals surface area contributed by atoms with Crippen molar-refractivity contribution in [3.63, 3.8) is 0 Å². The molecule has 1 aromatic heterocycles. The van der Waals surface area contributed by atoms with Gasteiger partial charge in [0.1, 0.15) is 0 Å². The van der Waals surface area contributed by atoms with Gasteiger partial charge in [-0.25, -0.2) is 0 Å². The Morgan fingerprint density at radius 2 is 2.18 bits per heavy atom. The quantitative estimate of drug-likeness (QED) is 0.812. The van der Waals surface area contributed by atoms with Gasteiger partial charge in [0.05, 0.1) is 6.10 Å². The van der Waals surface area contributed by atoms with E-state index in [1.165, 1.54) is 30.4 Å². The van der Waals surface area contributed by atoms with Gasteiger partial charge in [0.2, 0.25) is 5.13 Å². The van der Waals surface area contributed by atoms with E-state index in [2.05, 4.69) is 47.6 Å². The molecule has 1 N–H and O–H groups in total. The number of nitrogens with zero attached hydrogens (tertiary/aromatic N) is 2. The molecule has 0 spiro atoms. The van der Waals surface area contributed by atoms with Crippen LogP contribution in [-0.2, 0) is 4.74 Å². The Kier molecular flexibility index (Phi) is 5.33. The minimum atomic E-state index is 0.374. The van der Waals surface area contributed by atoms with Gasteiger partial charge in [-0.1, -0.05) is 29.2 Å². The van der Waals surface area contributed by atoms with Crippen LogP contribution in [0.3, 0.4) is 0 Å². The highest BCUT2D eigenvalue weighted by molar-refractivity contribution is 8.01. The van der Waals surface area contributed by atoms with E-state index in [0.717, 1.165) is 27.5 Å². The number of hydrogen-bond acceptors (Lipinski definition) is 6. The molecule has 0 aliphatic carbocycles. The van der Waals surface area contributed by atoms with Crippen molar-refractivity contribution in [2.24, 2.45) is 0 Å². The first kappa shape index (κ1) is 15.8. The first-order valence-electron chi connectivity index (χ1n) is 7.63. The summed E-state index contributed by atoms with van der Waals surface area (Å²) in [6, 6.07) is 6.33. The number of thioether (sulfide) groups is 1. The van der Waals surface area contributed by atoms with Gasteiger partial charge in [-0.15, -0.1) is 10.2 Å². The maximum absolute atomic E-state index is 5.75. The van der Waals surface area contributed by atoms with E-state index in [4.69, 9.17) is 4.74 Å². The van der Waals surface area contributed by atoms with Crippen LogP contribution >= 0.6 is 23.1 Å². The number of anilines is 2. The average molecular weight is 335 g/mol. The summed E-state index contributed by atoms with van der Waals surface area (Å²) in [4.78, 5) is 0. The third-order valence-electron chi connectivity index (χ3n) is 3.83. The van der Waals surface area contributed by atoms with Gasteiger partial charge in [0, 0.05) is 18.0 Å². The van der Waals surface area contributed by atoms with Crippen molar-refractivity contribution in [2.75, 3.05) is 17.7 Å². The van der Waals surface area contributed by atoms with E-state index in [0.29, 0.717) is 6.10 Å². The topological polar surface area (TPSA) is 47.0 Å². The number of nitrogens with one attached hydrogen (secondary N) is 1. The Hall–Kier alpha value is -1.11. The summed E-state index contributed by atoms with van der Waals surface area (Å²) in [5, 5.41) is 12.6. The van der Waals surface area contributed by atoms with E-state index >= 15 is 0 Å². The van der Waals surface area contributed by atoms with Crippen molar-refractivity contribution in [1.82, 2.24) is 10.2 Å². The Balaban J connectivity index is 1.55. The lowest BCUT2D eigenvalue weighted by Gasteiger charge is -2.21. The van der Waals surface area contributed by atoms with Crippen LogP contribution in [0.25, 0.3) is 0 Å². The number of benzene rings is 1. The van der Waals surface area contributed by atoms with Gasteiger partial charge in [-0.3, -0.25) is 0 Å². The lowest BCUT2D eigenvalue weighted by Crippen LogP contribution is -2.21. The molecule has 0 radical (unpaired) electrons. The zero-order valence-corrected chi connectivity index (χ0v) is 14.6. The molecule has 0 amide bonds. The second-order valence-electron chi connectivity index (χ2n) is 5.60. The number of rotatable bonds is 5. The van der Waals surface area contributed by atoms with Gasteiger partial charge in [0.15, 0.2) is 4.34 Å². The first-order chi connectivity index (χ1) is 10.7. The van der Waals surface area contributed by atoms with Crippen LogP contribution in [0.4, 0.5) is 10.8 Å². The van der Waals surface area contributed by atoms with E-state index < -0.39 is 0 Å². The lowest BCUT2D eigenvalue weighted by atomic mass is 10.1. The summed E-state index contributed by atoms with van der Waals surface area (Å²) in [6.45, 7) is 5.14. The molecule has 1 saturated heterocycles. The van der Waals surface area contributed by atoms with Crippen LogP contribution in [0.2, 0.25) is 0 Å². The van der Waals surface area contributed by atoms with Crippen LogP contribution in [0.5, 0.6) is 0 Å². The molecule has 118 valence electrons. The molecule has 0 saturated carbocycles. The highest BCUT2D eigenvalue weighted by Crippen LogP contribution is 2.30. The zero-order chi connectivity index (χ0) is 15.4. The van der Waals surface area contributed by atoms with Gasteiger partial charge < -0.3 is 10.1 Å². The van der Waals surface area contributed by atoms with Crippen molar-refractivity contribution >= 4 is 33.9 Å². The maximum Gasteiger partial charge on any atom is 0.210 e. The van der Waals surface area contributed by atoms with E-state index in [-0.39, 0.29) is 0 Å². The van der Waals surface area contributed by atoms with E-state index in [1.54, 1.807) is 23.1 Å². The molecular weight excluding hydrogens is 314 g/mol. The Labute approximate surface area is 139 Å². The molecular formula is C16H21N3OS2. The number of aryl methyl sites for hydroxylation is 2. The second kappa shape index (κ2) is 7.44. The molecule has 1 aliphatic rings. The van der Waals surface area contributed by atoms with Crippen LogP contribution in [0.1, 0.15) is 30.4 Å². The monoisotopic (exact) mass is 335 g/mol. The first-order valence-corrected chi connectivity index (χ1v) is 9.43. The average Bonchev–Trinajstić information content (AvgIpc) is 2.97. The standard InChI is InChI=1S/C16H21N3OS2/c1-11-6-7-13(9-12(11)2)17-15-18-19-16(22-15)21-10-14-5-3-4-8-20-14/h6-7,9,14H,3-5,8,10H2,1-2H3,(H,17,18). The molecule has 0 bridgehead atoms. The number of hydrogen-bond donors (Lipinski definition) is 1. The van der Waals surface area contributed by atoms with Gasteiger partial charge in [-0.2, -0.15) is 0 Å². The fourth-order valence-corrected chi connectivity index (χ4v) is 4.23. The molecule has 22 heavy (non-hydrogen) atoms. The molecule has 6 heteroatoms. The highest BCUT2D eigenvalue weighted by atomic mass is 32.2. The molecule has 1 atom stereocenters. The van der Waals surface area contributed by atoms with Crippen molar-refractivity contribution in [2.45, 2.75) is 43.6 Å². The highest BCUT2D eigenvalue weighted by Gasteiger charge is 2.15. The normalized spacial score (nSPS) is 18.4. The predicted octanol–water partition coefficient (Wildman–Crippen LogP) is 4.56. The molecule has 1 aromatic carbocycles. The van der Waals surface area contributed by atoms with Crippen LogP contribution in [-0.4, -0.2) is 28.7 Å². The largest absolute Gasteiger partial charge is 0.377 e. The third kappa shape index (κ3) is 4.21. The lowest BCUT2D eigenvalue weighted by molar-refractivity contribution is 0.0315. The molecule has 1 fully saturated rings. The SMILES string of the molecule is Cc1ccc(Nc2nnc(SCC3CCCCO3)s2)cc1C. The van der Waals surface area contributed by atoms with Crippen molar-refractivity contribution in [1.29, 1.82) is 0 Å². The molecule has 4 nitrogen and oxygen atoms in total. The maximum atomic E-state index is 5.75. The Morgan fingerprint density at radius 3 is 2.95 bits per heavy atom. The summed E-state index contributed by atoms with van der Waals surface area (Å²) >= 11 is 3.34. The molecule has 2 aromatic rings. The van der Waals surface area contributed by atoms with Gasteiger partial charge in [0.25, 0.3) is 0 Å². The van der Waals surface area contributed by atoms with E-state index in [9.17, 15) is 0 Å². The van der Waals surface area contributed by atoms with Crippen molar-refractivity contribution in [3.05, 3.63) is 29.3 Å². The minimum Gasteiger partial charge on any atom is -0.377 e. The Bertz CT molecular complexity index is 624. The molecule has 2 heterocycles. The van der Waals surface area contributed by atoms with Gasteiger partial charge >= 0.3 is 0 Å². The molecule has 1 aliphatic heterocycles. The second-order valence-corrected chi connectivity index (χ2v) is 7.84. The molecule has 3 rings (SSSR count). The summed E-state index contributed by atoms with van der Waals surface area (Å²) in [5.74, 6) is 0.971. The summed E-state index contributed by atoms with van der Waals surface area (Å²) in [6.07, 6.45) is 4.02. The third-order valence-corrected chi connectivity index (χ3v) is 5.94. The summed E-state index contributed by atoms with van der Waals surface area (Å²) in [7, 11) is 0. The van der Waals surface area contributed by atoms with Crippen molar-refractivity contribution < 1.29 is 4.74 Å². The van der Waals surface area contributed by atoms with Crippen molar-refractivity contribution in [3.8, 4) is 0 Å². The van der Waals surface area contributed by atoms with Crippen LogP contribution in [0.15, 0.2) is 22.5 Å². The number of aromatic nitrogens is 2.